The van der Waals surface area contributed by atoms with Crippen LogP contribution in [0.2, 0.25) is 0 Å². The Kier molecular flexibility index (Phi) is 4.97. The first-order valence-electron chi connectivity index (χ1n) is 9.39. The molecule has 2 aromatic rings. The number of imidazole rings is 1. The first-order chi connectivity index (χ1) is 13.8. The van der Waals surface area contributed by atoms with Gasteiger partial charge in [0.25, 0.3) is 0 Å². The molecule has 2 aliphatic heterocycles. The van der Waals surface area contributed by atoms with Crippen LogP contribution in [0.1, 0.15) is 16.2 Å². The maximum Gasteiger partial charge on any atom is 0.337 e. The van der Waals surface area contributed by atoms with E-state index >= 15 is 0 Å². The summed E-state index contributed by atoms with van der Waals surface area (Å²) in [6, 6.07) is 5.65. The van der Waals surface area contributed by atoms with Crippen LogP contribution >= 0.6 is 0 Å². The van der Waals surface area contributed by atoms with E-state index in [2.05, 4.69) is 9.88 Å². The number of nitrogens with zero attached hydrogens (tertiary/aromatic N) is 4. The van der Waals surface area contributed by atoms with Gasteiger partial charge in [-0.25, -0.2) is 18.2 Å². The largest absolute Gasteiger partial charge is 0.478 e. The van der Waals surface area contributed by atoms with Crippen LogP contribution in [0.4, 0.5) is 0 Å². The average molecular weight is 420 g/mol. The number of carboxylic acids is 1. The van der Waals surface area contributed by atoms with Crippen LogP contribution in [-0.4, -0.2) is 76.1 Å². The highest BCUT2D eigenvalue weighted by Crippen LogP contribution is 2.44. The molecular weight excluding hydrogens is 396 g/mol. The summed E-state index contributed by atoms with van der Waals surface area (Å²) >= 11 is 0. The first kappa shape index (κ1) is 20.0. The average Bonchev–Trinajstić information content (AvgIpc) is 3.35. The number of carbonyl (C=O) groups is 1. The lowest BCUT2D eigenvalue weighted by Crippen LogP contribution is -2.39. The van der Waals surface area contributed by atoms with E-state index in [-0.39, 0.29) is 36.1 Å². The standard InChI is InChI=1S/C19H24N4O5S/c1-21-7-6-20-17(21)10-22-8-14-9-23(12-19(14,11-22)13-24)29(27,28)16-5-3-2-4-15(16)18(25)26/h2-7,14,24H,8-13H2,1H3,(H,25,26). The Hall–Kier alpha value is -2.27. The number of aryl methyl sites for hydroxylation is 1. The van der Waals surface area contributed by atoms with Crippen LogP contribution < -0.4 is 0 Å². The number of aliphatic hydroxyl groups is 1. The van der Waals surface area contributed by atoms with Crippen molar-refractivity contribution in [2.75, 3.05) is 32.8 Å². The molecule has 2 N–H and O–H groups in total. The van der Waals surface area contributed by atoms with Crippen molar-refractivity contribution in [3.63, 3.8) is 0 Å². The van der Waals surface area contributed by atoms with Crippen molar-refractivity contribution < 1.29 is 23.4 Å². The smallest absolute Gasteiger partial charge is 0.337 e. The monoisotopic (exact) mass is 420 g/mol. The van der Waals surface area contributed by atoms with Crippen LogP contribution in [0.5, 0.6) is 0 Å². The molecule has 0 spiro atoms. The molecule has 0 aliphatic carbocycles. The number of likely N-dealkylation sites (tertiary alicyclic amines) is 1. The Morgan fingerprint density at radius 3 is 2.66 bits per heavy atom. The molecule has 29 heavy (non-hydrogen) atoms. The fourth-order valence-corrected chi connectivity index (χ4v) is 6.29. The van der Waals surface area contributed by atoms with Crippen LogP contribution in [0.15, 0.2) is 41.6 Å². The number of aromatic carboxylic acids is 1. The van der Waals surface area contributed by atoms with E-state index in [1.165, 1.54) is 28.6 Å². The second-order valence-corrected chi connectivity index (χ2v) is 9.85. The van der Waals surface area contributed by atoms with E-state index in [1.807, 2.05) is 17.8 Å². The Balaban J connectivity index is 1.56. The summed E-state index contributed by atoms with van der Waals surface area (Å²) in [7, 11) is -2.05. The zero-order valence-corrected chi connectivity index (χ0v) is 16.9. The molecule has 3 heterocycles. The number of sulfonamides is 1. The molecule has 0 amide bonds. The van der Waals surface area contributed by atoms with Gasteiger partial charge in [0.2, 0.25) is 10.0 Å². The fraction of sp³-hybridized carbons (Fsp3) is 0.474. The van der Waals surface area contributed by atoms with Crippen molar-refractivity contribution >= 4 is 16.0 Å². The summed E-state index contributed by atoms with van der Waals surface area (Å²) in [5, 5.41) is 19.5. The van der Waals surface area contributed by atoms with E-state index in [4.69, 9.17) is 0 Å². The van der Waals surface area contributed by atoms with E-state index in [1.54, 1.807) is 6.20 Å². The lowest BCUT2D eigenvalue weighted by Gasteiger charge is -2.27. The van der Waals surface area contributed by atoms with Crippen LogP contribution in [0, 0.1) is 11.3 Å². The molecule has 0 bridgehead atoms. The molecule has 2 fully saturated rings. The van der Waals surface area contributed by atoms with Gasteiger partial charge in [0.15, 0.2) is 0 Å². The number of fused-ring (bicyclic) bond motifs is 1. The van der Waals surface area contributed by atoms with Crippen molar-refractivity contribution in [1.82, 2.24) is 18.8 Å². The van der Waals surface area contributed by atoms with Crippen molar-refractivity contribution in [3.05, 3.63) is 48.0 Å². The summed E-state index contributed by atoms with van der Waals surface area (Å²) in [6.45, 7) is 2.15. The van der Waals surface area contributed by atoms with Crippen molar-refractivity contribution in [1.29, 1.82) is 0 Å². The van der Waals surface area contributed by atoms with Gasteiger partial charge in [-0.3, -0.25) is 4.90 Å². The van der Waals surface area contributed by atoms with Crippen molar-refractivity contribution in [2.24, 2.45) is 18.4 Å². The first-order valence-corrected chi connectivity index (χ1v) is 10.8. The Labute approximate surface area is 169 Å². The summed E-state index contributed by atoms with van der Waals surface area (Å²) in [6.07, 6.45) is 3.62. The summed E-state index contributed by atoms with van der Waals surface area (Å²) in [5.41, 5.74) is -0.796. The van der Waals surface area contributed by atoms with Gasteiger partial charge in [-0.2, -0.15) is 4.31 Å². The second kappa shape index (κ2) is 7.21. The number of carboxylic acid groups (broad SMARTS) is 1. The number of rotatable bonds is 6. The van der Waals surface area contributed by atoms with E-state index in [9.17, 15) is 23.4 Å². The van der Waals surface area contributed by atoms with Gasteiger partial charge < -0.3 is 14.8 Å². The Bertz CT molecular complexity index is 1040. The molecule has 2 saturated heterocycles. The lowest BCUT2D eigenvalue weighted by atomic mass is 9.82. The summed E-state index contributed by atoms with van der Waals surface area (Å²) < 4.78 is 29.6. The maximum absolute atomic E-state index is 13.2. The Morgan fingerprint density at radius 2 is 2.03 bits per heavy atom. The molecule has 2 unspecified atom stereocenters. The third-order valence-corrected chi connectivity index (χ3v) is 8.00. The molecule has 10 heteroatoms. The quantitative estimate of drug-likeness (QED) is 0.687. The molecule has 156 valence electrons. The molecule has 2 atom stereocenters. The normalized spacial score (nSPS) is 25.4. The van der Waals surface area contributed by atoms with Gasteiger partial charge in [0.05, 0.1) is 23.6 Å². The fourth-order valence-electron chi connectivity index (χ4n) is 4.53. The summed E-state index contributed by atoms with van der Waals surface area (Å²) in [5.74, 6) is -0.390. The molecule has 0 saturated carbocycles. The molecule has 0 radical (unpaired) electrons. The number of benzene rings is 1. The third kappa shape index (κ3) is 3.35. The lowest BCUT2D eigenvalue weighted by molar-refractivity contribution is 0.0692. The van der Waals surface area contributed by atoms with Crippen LogP contribution in [0.25, 0.3) is 0 Å². The maximum atomic E-state index is 13.2. The minimum Gasteiger partial charge on any atom is -0.478 e. The van der Waals surface area contributed by atoms with Crippen LogP contribution in [0.3, 0.4) is 0 Å². The SMILES string of the molecule is Cn1ccnc1CN1CC2CN(S(=O)(=O)c3ccccc3C(=O)O)CC2(CO)C1. The zero-order chi connectivity index (χ0) is 20.8. The van der Waals surface area contributed by atoms with Gasteiger partial charge in [-0.1, -0.05) is 12.1 Å². The van der Waals surface area contributed by atoms with Crippen molar-refractivity contribution in [3.8, 4) is 0 Å². The molecule has 4 rings (SSSR count). The predicted molar refractivity (Wildman–Crippen MR) is 104 cm³/mol. The number of hydrogen-bond donors (Lipinski definition) is 2. The number of aliphatic hydroxyl groups excluding tert-OH is 1. The topological polar surface area (TPSA) is 116 Å². The molecule has 1 aromatic heterocycles. The minimum absolute atomic E-state index is 0.0282. The number of hydrogen-bond acceptors (Lipinski definition) is 6. The number of aromatic nitrogens is 2. The molecule has 9 nitrogen and oxygen atoms in total. The van der Waals surface area contributed by atoms with Gasteiger partial charge in [0, 0.05) is 51.0 Å². The molecule has 1 aromatic carbocycles. The van der Waals surface area contributed by atoms with Gasteiger partial charge in [-0.15, -0.1) is 0 Å². The van der Waals surface area contributed by atoms with E-state index < -0.39 is 21.4 Å². The van der Waals surface area contributed by atoms with Gasteiger partial charge in [0.1, 0.15) is 5.82 Å². The van der Waals surface area contributed by atoms with Gasteiger partial charge >= 0.3 is 5.97 Å². The third-order valence-electron chi connectivity index (χ3n) is 6.13. The summed E-state index contributed by atoms with van der Waals surface area (Å²) in [4.78, 5) is 17.8. The zero-order valence-electron chi connectivity index (χ0n) is 16.1. The highest BCUT2D eigenvalue weighted by atomic mass is 32.2. The van der Waals surface area contributed by atoms with Crippen molar-refractivity contribution in [2.45, 2.75) is 11.4 Å². The second-order valence-electron chi connectivity index (χ2n) is 7.94. The minimum atomic E-state index is -3.97. The Morgan fingerprint density at radius 1 is 1.28 bits per heavy atom. The molecule has 2 aliphatic rings. The highest BCUT2D eigenvalue weighted by Gasteiger charge is 2.55. The van der Waals surface area contributed by atoms with Gasteiger partial charge in [-0.05, 0) is 18.1 Å². The highest BCUT2D eigenvalue weighted by molar-refractivity contribution is 7.89. The van der Waals surface area contributed by atoms with Crippen LogP contribution in [-0.2, 0) is 23.6 Å². The van der Waals surface area contributed by atoms with E-state index in [0.717, 1.165) is 5.82 Å². The molecular formula is C19H24N4O5S. The predicted octanol–water partition coefficient (Wildman–Crippen LogP) is 0.233. The van der Waals surface area contributed by atoms with E-state index in [0.29, 0.717) is 19.6 Å².